The number of esters is 1. The largest absolute Gasteiger partial charge is 0.493 e. The molecular weight excluding hydrogens is 362 g/mol. The second kappa shape index (κ2) is 9.12. The highest BCUT2D eigenvalue weighted by molar-refractivity contribution is 6.03. The van der Waals surface area contributed by atoms with Crippen LogP contribution < -0.4 is 19.5 Å². The van der Waals surface area contributed by atoms with E-state index in [-0.39, 0.29) is 11.3 Å². The Balaban J connectivity index is 2.27. The molecule has 0 aliphatic heterocycles. The van der Waals surface area contributed by atoms with Crippen LogP contribution in [0.15, 0.2) is 30.3 Å². The first-order valence-electron chi connectivity index (χ1n) is 8.69. The summed E-state index contributed by atoms with van der Waals surface area (Å²) in [7, 11) is 4.18. The van der Waals surface area contributed by atoms with Crippen molar-refractivity contribution >= 4 is 17.6 Å². The Bertz CT molecular complexity index is 877. The lowest BCUT2D eigenvalue weighted by Gasteiger charge is -2.18. The summed E-state index contributed by atoms with van der Waals surface area (Å²) < 4.78 is 21.0. The van der Waals surface area contributed by atoms with Crippen molar-refractivity contribution in [3.8, 4) is 17.2 Å². The van der Waals surface area contributed by atoms with Gasteiger partial charge in [0.2, 0.25) is 0 Å². The summed E-state index contributed by atoms with van der Waals surface area (Å²) in [5.74, 6) is 0.305. The molecule has 0 aliphatic rings. The van der Waals surface area contributed by atoms with Crippen molar-refractivity contribution in [2.45, 2.75) is 26.9 Å². The number of nitrogens with one attached hydrogen (secondary N) is 1. The molecule has 0 radical (unpaired) electrons. The average molecular weight is 387 g/mol. The van der Waals surface area contributed by atoms with E-state index in [0.717, 1.165) is 11.1 Å². The minimum atomic E-state index is -0.792. The zero-order chi connectivity index (χ0) is 20.8. The van der Waals surface area contributed by atoms with Gasteiger partial charge in [-0.1, -0.05) is 17.7 Å². The monoisotopic (exact) mass is 387 g/mol. The van der Waals surface area contributed by atoms with Crippen LogP contribution in [-0.4, -0.2) is 39.3 Å². The molecule has 0 heterocycles. The van der Waals surface area contributed by atoms with Gasteiger partial charge in [0.05, 0.1) is 32.6 Å². The summed E-state index contributed by atoms with van der Waals surface area (Å²) in [6, 6.07) is 8.67. The normalized spacial score (nSPS) is 11.4. The molecule has 0 saturated carbocycles. The van der Waals surface area contributed by atoms with Crippen LogP contribution in [0.25, 0.3) is 0 Å². The number of amides is 1. The fourth-order valence-corrected chi connectivity index (χ4v) is 2.67. The lowest BCUT2D eigenvalue weighted by molar-refractivity contribution is -0.122. The topological polar surface area (TPSA) is 83.1 Å². The maximum atomic E-state index is 12.7. The number of hydrogen-bond acceptors (Lipinski definition) is 6. The van der Waals surface area contributed by atoms with Gasteiger partial charge in [-0.15, -0.1) is 0 Å². The standard InChI is InChI=1S/C21H25NO6/c1-12-7-8-17(13(2)9-12)28-14(3)20(23)22-16-11-19(26-5)18(25-4)10-15(16)21(24)27-6/h7-11,14H,1-6H3,(H,22,23)/t14-/m1/s1. The van der Waals surface area contributed by atoms with Crippen LogP contribution in [0.4, 0.5) is 5.69 Å². The second-order valence-electron chi connectivity index (χ2n) is 6.26. The lowest BCUT2D eigenvalue weighted by Crippen LogP contribution is -2.31. The van der Waals surface area contributed by atoms with Crippen LogP contribution in [0.2, 0.25) is 0 Å². The second-order valence-corrected chi connectivity index (χ2v) is 6.26. The zero-order valence-electron chi connectivity index (χ0n) is 16.9. The Labute approximate surface area is 164 Å². The van der Waals surface area contributed by atoms with Crippen molar-refractivity contribution in [3.63, 3.8) is 0 Å². The molecule has 1 amide bonds. The van der Waals surface area contributed by atoms with Gasteiger partial charge < -0.3 is 24.3 Å². The van der Waals surface area contributed by atoms with Gasteiger partial charge in [0.15, 0.2) is 17.6 Å². The first-order valence-corrected chi connectivity index (χ1v) is 8.69. The van der Waals surface area contributed by atoms with Crippen molar-refractivity contribution in [1.82, 2.24) is 0 Å². The van der Waals surface area contributed by atoms with E-state index in [0.29, 0.717) is 17.2 Å². The Morgan fingerprint density at radius 2 is 1.57 bits per heavy atom. The fraction of sp³-hybridized carbons (Fsp3) is 0.333. The number of carbonyl (C=O) groups excluding carboxylic acids is 2. The van der Waals surface area contributed by atoms with Crippen LogP contribution in [0.5, 0.6) is 17.2 Å². The quantitative estimate of drug-likeness (QED) is 0.732. The predicted molar refractivity (Wildman–Crippen MR) is 106 cm³/mol. The van der Waals surface area contributed by atoms with E-state index < -0.39 is 18.0 Å². The Morgan fingerprint density at radius 1 is 0.929 bits per heavy atom. The van der Waals surface area contributed by atoms with Gasteiger partial charge in [-0.3, -0.25) is 4.79 Å². The van der Waals surface area contributed by atoms with E-state index in [1.54, 1.807) is 6.92 Å². The van der Waals surface area contributed by atoms with Gasteiger partial charge in [0, 0.05) is 12.1 Å². The smallest absolute Gasteiger partial charge is 0.340 e. The highest BCUT2D eigenvalue weighted by atomic mass is 16.5. The number of aryl methyl sites for hydroxylation is 2. The molecule has 2 aromatic rings. The van der Waals surface area contributed by atoms with Gasteiger partial charge in [0.1, 0.15) is 5.75 Å². The van der Waals surface area contributed by atoms with Gasteiger partial charge in [0.25, 0.3) is 5.91 Å². The maximum absolute atomic E-state index is 12.7. The maximum Gasteiger partial charge on any atom is 0.340 e. The third-order valence-electron chi connectivity index (χ3n) is 4.19. The number of rotatable bonds is 7. The van der Waals surface area contributed by atoms with Crippen LogP contribution in [0.3, 0.4) is 0 Å². The Hall–Kier alpha value is -3.22. The van der Waals surface area contributed by atoms with E-state index in [9.17, 15) is 9.59 Å². The van der Waals surface area contributed by atoms with Crippen LogP contribution in [0.1, 0.15) is 28.4 Å². The van der Waals surface area contributed by atoms with Crippen LogP contribution in [0, 0.1) is 13.8 Å². The van der Waals surface area contributed by atoms with Crippen molar-refractivity contribution in [3.05, 3.63) is 47.0 Å². The first kappa shape index (κ1) is 21.1. The summed E-state index contributed by atoms with van der Waals surface area (Å²) in [4.78, 5) is 24.8. The number of ether oxygens (including phenoxy) is 4. The lowest BCUT2D eigenvalue weighted by atomic mass is 10.1. The molecular formula is C21H25NO6. The fourth-order valence-electron chi connectivity index (χ4n) is 2.67. The predicted octanol–water partition coefficient (Wildman–Crippen LogP) is 3.51. The summed E-state index contributed by atoms with van der Waals surface area (Å²) in [6.45, 7) is 5.53. The highest BCUT2D eigenvalue weighted by Gasteiger charge is 2.22. The highest BCUT2D eigenvalue weighted by Crippen LogP contribution is 2.34. The van der Waals surface area contributed by atoms with Crippen LogP contribution >= 0.6 is 0 Å². The Morgan fingerprint density at radius 3 is 2.14 bits per heavy atom. The molecule has 1 atom stereocenters. The van der Waals surface area contributed by atoms with E-state index in [1.165, 1.54) is 33.5 Å². The number of carbonyl (C=O) groups is 2. The molecule has 0 aliphatic carbocycles. The van der Waals surface area contributed by atoms with E-state index in [2.05, 4.69) is 5.32 Å². The van der Waals surface area contributed by atoms with Gasteiger partial charge in [-0.2, -0.15) is 0 Å². The third kappa shape index (κ3) is 4.73. The van der Waals surface area contributed by atoms with Crippen molar-refractivity contribution in [2.75, 3.05) is 26.6 Å². The zero-order valence-corrected chi connectivity index (χ0v) is 16.9. The minimum Gasteiger partial charge on any atom is -0.493 e. The van der Waals surface area contributed by atoms with E-state index in [1.807, 2.05) is 32.0 Å². The molecule has 2 rings (SSSR count). The number of hydrogen-bond donors (Lipinski definition) is 1. The molecule has 0 aromatic heterocycles. The summed E-state index contributed by atoms with van der Waals surface area (Å²) in [5.41, 5.74) is 2.42. The van der Waals surface area contributed by atoms with Gasteiger partial charge in [-0.25, -0.2) is 4.79 Å². The number of anilines is 1. The molecule has 0 bridgehead atoms. The molecule has 2 aromatic carbocycles. The molecule has 7 nitrogen and oxygen atoms in total. The molecule has 0 unspecified atom stereocenters. The number of methoxy groups -OCH3 is 3. The molecule has 0 saturated heterocycles. The summed E-state index contributed by atoms with van der Waals surface area (Å²) in [5, 5.41) is 2.70. The Kier molecular flexibility index (Phi) is 6.87. The van der Waals surface area contributed by atoms with Crippen molar-refractivity contribution in [2.24, 2.45) is 0 Å². The minimum absolute atomic E-state index is 0.146. The molecule has 1 N–H and O–H groups in total. The SMILES string of the molecule is COC(=O)c1cc(OC)c(OC)cc1NC(=O)[C@@H](C)Oc1ccc(C)cc1C. The van der Waals surface area contributed by atoms with E-state index >= 15 is 0 Å². The van der Waals surface area contributed by atoms with Gasteiger partial charge >= 0.3 is 5.97 Å². The van der Waals surface area contributed by atoms with Crippen LogP contribution in [-0.2, 0) is 9.53 Å². The number of benzene rings is 2. The molecule has 150 valence electrons. The average Bonchev–Trinajstić information content (AvgIpc) is 2.68. The molecule has 0 spiro atoms. The van der Waals surface area contributed by atoms with Crippen molar-refractivity contribution in [1.29, 1.82) is 0 Å². The first-order chi connectivity index (χ1) is 13.3. The third-order valence-corrected chi connectivity index (χ3v) is 4.19. The van der Waals surface area contributed by atoms with Crippen molar-refractivity contribution < 1.29 is 28.5 Å². The summed E-state index contributed by atoms with van der Waals surface area (Å²) in [6.07, 6.45) is -0.792. The van der Waals surface area contributed by atoms with Gasteiger partial charge in [-0.05, 0) is 32.4 Å². The molecule has 28 heavy (non-hydrogen) atoms. The van der Waals surface area contributed by atoms with E-state index in [4.69, 9.17) is 18.9 Å². The summed E-state index contributed by atoms with van der Waals surface area (Å²) >= 11 is 0. The molecule has 7 heteroatoms. The molecule has 0 fully saturated rings.